The minimum atomic E-state index is -3.83. The number of sulfonamides is 1. The smallest absolute Gasteiger partial charge is 0.263 e. The van der Waals surface area contributed by atoms with Gasteiger partial charge in [-0.05, 0) is 42.0 Å². The molecule has 0 atom stereocenters. The minimum Gasteiger partial charge on any atom is -0.493 e. The molecule has 2 N–H and O–H groups in total. The topological polar surface area (TPSA) is 120 Å². The third-order valence-corrected chi connectivity index (χ3v) is 6.30. The highest BCUT2D eigenvalue weighted by molar-refractivity contribution is 7.93. The van der Waals surface area contributed by atoms with Crippen LogP contribution >= 0.6 is 11.3 Å². The van der Waals surface area contributed by atoms with Crippen LogP contribution in [-0.2, 0) is 21.2 Å². The van der Waals surface area contributed by atoms with E-state index < -0.39 is 10.0 Å². The van der Waals surface area contributed by atoms with Crippen molar-refractivity contribution in [2.45, 2.75) is 18.2 Å². The molecule has 1 aromatic heterocycles. The lowest BCUT2D eigenvalue weighted by Crippen LogP contribution is -2.13. The van der Waals surface area contributed by atoms with E-state index in [1.165, 1.54) is 31.2 Å². The van der Waals surface area contributed by atoms with E-state index >= 15 is 0 Å². The fourth-order valence-corrected chi connectivity index (χ4v) is 4.63. The zero-order valence-electron chi connectivity index (χ0n) is 16.5. The van der Waals surface area contributed by atoms with Gasteiger partial charge in [-0.25, -0.2) is 8.42 Å². The predicted molar refractivity (Wildman–Crippen MR) is 114 cm³/mol. The van der Waals surface area contributed by atoms with Gasteiger partial charge in [0, 0.05) is 19.0 Å². The molecule has 0 unspecified atom stereocenters. The maximum Gasteiger partial charge on any atom is 0.263 e. The van der Waals surface area contributed by atoms with Gasteiger partial charge in [-0.15, -0.1) is 10.2 Å². The Morgan fingerprint density at radius 1 is 1.03 bits per heavy atom. The van der Waals surface area contributed by atoms with Crippen LogP contribution in [0.2, 0.25) is 0 Å². The van der Waals surface area contributed by atoms with E-state index in [1.807, 2.05) is 12.1 Å². The Balaban J connectivity index is 1.71. The molecule has 1 heterocycles. The van der Waals surface area contributed by atoms with Crippen LogP contribution in [0.15, 0.2) is 47.4 Å². The maximum absolute atomic E-state index is 12.6. The van der Waals surface area contributed by atoms with Gasteiger partial charge in [0.05, 0.1) is 19.1 Å². The van der Waals surface area contributed by atoms with Gasteiger partial charge in [-0.1, -0.05) is 17.4 Å². The van der Waals surface area contributed by atoms with Gasteiger partial charge in [0.1, 0.15) is 5.01 Å². The fraction of sp³-hybridized carbons (Fsp3) is 0.211. The molecular weight excluding hydrogens is 428 g/mol. The first-order valence-corrected chi connectivity index (χ1v) is 11.0. The van der Waals surface area contributed by atoms with Gasteiger partial charge in [0.15, 0.2) is 11.5 Å². The molecule has 0 aliphatic heterocycles. The zero-order chi connectivity index (χ0) is 21.7. The first-order valence-electron chi connectivity index (χ1n) is 8.74. The van der Waals surface area contributed by atoms with Crippen LogP contribution in [0.1, 0.15) is 17.5 Å². The molecule has 0 aliphatic carbocycles. The molecule has 1 amide bonds. The summed E-state index contributed by atoms with van der Waals surface area (Å²) in [6.07, 6.45) is 0.463. The number of aromatic nitrogens is 2. The quantitative estimate of drug-likeness (QED) is 0.544. The third kappa shape index (κ3) is 5.24. The molecule has 0 bridgehead atoms. The first-order chi connectivity index (χ1) is 14.3. The molecule has 9 nitrogen and oxygen atoms in total. The Morgan fingerprint density at radius 3 is 2.37 bits per heavy atom. The second-order valence-electron chi connectivity index (χ2n) is 6.18. The van der Waals surface area contributed by atoms with E-state index in [1.54, 1.807) is 20.3 Å². The molecule has 0 aliphatic rings. The van der Waals surface area contributed by atoms with Crippen molar-refractivity contribution < 1.29 is 22.7 Å². The monoisotopic (exact) mass is 448 g/mol. The summed E-state index contributed by atoms with van der Waals surface area (Å²) in [5.41, 5.74) is 1.43. The SMILES string of the molecule is COc1ccc(Cc2nnc(NS(=O)(=O)c3ccc(NC(C)=O)cc3)s2)cc1OC. The van der Waals surface area contributed by atoms with Crippen molar-refractivity contribution in [2.75, 3.05) is 24.3 Å². The number of carbonyl (C=O) groups excluding carboxylic acids is 1. The predicted octanol–water partition coefficient (Wildman–Crippen LogP) is 2.91. The molecule has 2 aromatic carbocycles. The van der Waals surface area contributed by atoms with Crippen LogP contribution < -0.4 is 19.5 Å². The highest BCUT2D eigenvalue weighted by Crippen LogP contribution is 2.29. The molecule has 30 heavy (non-hydrogen) atoms. The number of nitrogens with zero attached hydrogens (tertiary/aromatic N) is 2. The summed E-state index contributed by atoms with van der Waals surface area (Å²) in [6, 6.07) is 11.3. The van der Waals surface area contributed by atoms with E-state index in [2.05, 4.69) is 20.2 Å². The molecular formula is C19H20N4O5S2. The molecule has 0 radical (unpaired) electrons. The average Bonchev–Trinajstić information content (AvgIpc) is 3.13. The number of nitrogens with one attached hydrogen (secondary N) is 2. The summed E-state index contributed by atoms with van der Waals surface area (Å²) in [7, 11) is -0.708. The second kappa shape index (κ2) is 9.09. The Kier molecular flexibility index (Phi) is 6.53. The molecule has 158 valence electrons. The van der Waals surface area contributed by atoms with E-state index in [4.69, 9.17) is 9.47 Å². The summed E-state index contributed by atoms with van der Waals surface area (Å²) in [4.78, 5) is 11.1. The number of hydrogen-bond acceptors (Lipinski definition) is 8. The lowest BCUT2D eigenvalue weighted by molar-refractivity contribution is -0.114. The molecule has 0 saturated carbocycles. The minimum absolute atomic E-state index is 0.0493. The molecule has 3 aromatic rings. The number of rotatable bonds is 8. The van der Waals surface area contributed by atoms with Gasteiger partial charge < -0.3 is 14.8 Å². The van der Waals surface area contributed by atoms with Crippen molar-refractivity contribution in [2.24, 2.45) is 0 Å². The summed E-state index contributed by atoms with van der Waals surface area (Å²) < 4.78 is 38.1. The van der Waals surface area contributed by atoms with Crippen LogP contribution in [-0.4, -0.2) is 38.7 Å². The summed E-state index contributed by atoms with van der Waals surface area (Å²) in [6.45, 7) is 1.38. The van der Waals surface area contributed by atoms with Gasteiger partial charge in [-0.3, -0.25) is 9.52 Å². The molecule has 0 spiro atoms. The standard InChI is InChI=1S/C19H20N4O5S2/c1-12(24)20-14-5-7-15(8-6-14)30(25,26)23-19-22-21-18(29-19)11-13-4-9-16(27-2)17(10-13)28-3/h4-10H,11H2,1-3H3,(H,20,24)(H,22,23). The van der Waals surface area contributed by atoms with Gasteiger partial charge >= 0.3 is 0 Å². The van der Waals surface area contributed by atoms with Crippen LogP contribution in [0.25, 0.3) is 0 Å². The summed E-state index contributed by atoms with van der Waals surface area (Å²) >= 11 is 1.14. The fourth-order valence-electron chi connectivity index (χ4n) is 2.63. The number of methoxy groups -OCH3 is 2. The number of benzene rings is 2. The number of ether oxygens (including phenoxy) is 2. The summed E-state index contributed by atoms with van der Waals surface area (Å²) in [5.74, 6) is 0.985. The second-order valence-corrected chi connectivity index (χ2v) is 8.92. The molecule has 0 fully saturated rings. The van der Waals surface area contributed by atoms with Crippen LogP contribution in [0.5, 0.6) is 11.5 Å². The van der Waals surface area contributed by atoms with E-state index in [0.717, 1.165) is 16.9 Å². The van der Waals surface area contributed by atoms with Crippen molar-refractivity contribution in [1.29, 1.82) is 0 Å². The van der Waals surface area contributed by atoms with Gasteiger partial charge in [0.2, 0.25) is 11.0 Å². The third-order valence-electron chi connectivity index (χ3n) is 3.98. The Morgan fingerprint density at radius 2 is 1.73 bits per heavy atom. The Hall–Kier alpha value is -3.18. The van der Waals surface area contributed by atoms with Crippen LogP contribution in [0.4, 0.5) is 10.8 Å². The van der Waals surface area contributed by atoms with Crippen molar-refractivity contribution in [1.82, 2.24) is 10.2 Å². The highest BCUT2D eigenvalue weighted by Gasteiger charge is 2.17. The molecule has 3 rings (SSSR count). The normalized spacial score (nSPS) is 11.0. The van der Waals surface area contributed by atoms with Crippen molar-refractivity contribution in [3.05, 3.63) is 53.0 Å². The maximum atomic E-state index is 12.6. The van der Waals surface area contributed by atoms with E-state index in [9.17, 15) is 13.2 Å². The van der Waals surface area contributed by atoms with Crippen molar-refractivity contribution >= 4 is 38.1 Å². The van der Waals surface area contributed by atoms with Crippen LogP contribution in [0.3, 0.4) is 0 Å². The first kappa shape index (κ1) is 21.5. The Bertz CT molecular complexity index is 1140. The van der Waals surface area contributed by atoms with E-state index in [0.29, 0.717) is 28.6 Å². The van der Waals surface area contributed by atoms with Gasteiger partial charge in [-0.2, -0.15) is 0 Å². The summed E-state index contributed by atoms with van der Waals surface area (Å²) in [5, 5.41) is 11.4. The zero-order valence-corrected chi connectivity index (χ0v) is 18.1. The highest BCUT2D eigenvalue weighted by atomic mass is 32.2. The van der Waals surface area contributed by atoms with E-state index in [-0.39, 0.29) is 15.9 Å². The molecule has 11 heteroatoms. The number of anilines is 2. The number of carbonyl (C=O) groups is 1. The van der Waals surface area contributed by atoms with Crippen LogP contribution in [0, 0.1) is 0 Å². The van der Waals surface area contributed by atoms with Crippen molar-refractivity contribution in [3.63, 3.8) is 0 Å². The molecule has 0 saturated heterocycles. The number of amides is 1. The number of hydrogen-bond donors (Lipinski definition) is 2. The largest absolute Gasteiger partial charge is 0.493 e. The van der Waals surface area contributed by atoms with Crippen molar-refractivity contribution in [3.8, 4) is 11.5 Å². The van der Waals surface area contributed by atoms with Gasteiger partial charge in [0.25, 0.3) is 10.0 Å². The lowest BCUT2D eigenvalue weighted by Gasteiger charge is -2.08. The Labute approximate surface area is 178 Å². The average molecular weight is 449 g/mol. The lowest BCUT2D eigenvalue weighted by atomic mass is 10.1.